The third kappa shape index (κ3) is 13.9. The fraction of sp³-hybridized carbons (Fsp3) is 0.667. The summed E-state index contributed by atoms with van der Waals surface area (Å²) in [6.45, 7) is 8.65. The van der Waals surface area contributed by atoms with Crippen molar-refractivity contribution in [1.29, 1.82) is 0 Å². The molecule has 0 saturated carbocycles. The molecule has 31 heavy (non-hydrogen) atoms. The number of ether oxygens (including phenoxy) is 2. The van der Waals surface area contributed by atoms with Crippen molar-refractivity contribution in [3.63, 3.8) is 0 Å². The van der Waals surface area contributed by atoms with E-state index in [1.807, 2.05) is 18.2 Å². The van der Waals surface area contributed by atoms with E-state index in [0.29, 0.717) is 0 Å². The van der Waals surface area contributed by atoms with E-state index >= 15 is 0 Å². The van der Waals surface area contributed by atoms with Crippen molar-refractivity contribution in [2.45, 2.75) is 117 Å². The summed E-state index contributed by atoms with van der Waals surface area (Å²) in [5.41, 5.74) is 0.778. The SMILES string of the molecule is CCCCCCCC(C)Oc1cc(/C=C/C(=O)O)cc(OC(C)CCCCCCC)c1. The average molecular weight is 433 g/mol. The summed E-state index contributed by atoms with van der Waals surface area (Å²) in [6.07, 6.45) is 17.5. The second kappa shape index (κ2) is 16.7. The molecule has 0 bridgehead atoms. The maximum atomic E-state index is 10.9. The molecule has 0 heterocycles. The van der Waals surface area contributed by atoms with Crippen LogP contribution in [0.25, 0.3) is 6.08 Å². The molecular formula is C27H44O4. The van der Waals surface area contributed by atoms with Gasteiger partial charge in [0.1, 0.15) is 11.5 Å². The maximum Gasteiger partial charge on any atom is 0.328 e. The minimum Gasteiger partial charge on any atom is -0.491 e. The third-order valence-corrected chi connectivity index (χ3v) is 5.42. The number of hydrogen-bond donors (Lipinski definition) is 1. The van der Waals surface area contributed by atoms with Gasteiger partial charge in [0, 0.05) is 12.1 Å². The molecular weight excluding hydrogens is 388 g/mol. The Morgan fingerprint density at radius 3 is 1.68 bits per heavy atom. The number of carboxylic acids is 1. The predicted molar refractivity (Wildman–Crippen MR) is 130 cm³/mol. The summed E-state index contributed by atoms with van der Waals surface area (Å²) in [6, 6.07) is 5.70. The molecule has 0 radical (unpaired) electrons. The first-order valence-electron chi connectivity index (χ1n) is 12.3. The smallest absolute Gasteiger partial charge is 0.328 e. The molecule has 2 unspecified atom stereocenters. The minimum atomic E-state index is -0.963. The topological polar surface area (TPSA) is 55.8 Å². The van der Waals surface area contributed by atoms with E-state index < -0.39 is 5.97 Å². The second-order valence-corrected chi connectivity index (χ2v) is 8.67. The van der Waals surface area contributed by atoms with Crippen LogP contribution in [0.5, 0.6) is 11.5 Å². The van der Waals surface area contributed by atoms with E-state index in [4.69, 9.17) is 14.6 Å². The Bertz CT molecular complexity index is 598. The Balaban J connectivity index is 2.69. The summed E-state index contributed by atoms with van der Waals surface area (Å²) in [7, 11) is 0. The van der Waals surface area contributed by atoms with E-state index in [-0.39, 0.29) is 12.2 Å². The standard InChI is InChI=1S/C27H44O4/c1-5-7-9-11-13-15-22(3)30-25-19-24(17-18-27(28)29)20-26(21-25)31-23(4)16-14-12-10-8-6-2/h17-23H,5-16H2,1-4H3,(H,28,29)/b18-17+. The lowest BCUT2D eigenvalue weighted by molar-refractivity contribution is -0.131. The maximum absolute atomic E-state index is 10.9. The van der Waals surface area contributed by atoms with Crippen molar-refractivity contribution in [3.05, 3.63) is 29.8 Å². The van der Waals surface area contributed by atoms with E-state index in [0.717, 1.165) is 48.8 Å². The first kappa shape index (κ1) is 27.1. The first-order valence-corrected chi connectivity index (χ1v) is 12.3. The average Bonchev–Trinajstić information content (AvgIpc) is 2.72. The zero-order chi connectivity index (χ0) is 22.9. The number of rotatable bonds is 18. The zero-order valence-corrected chi connectivity index (χ0v) is 20.2. The van der Waals surface area contributed by atoms with Gasteiger partial charge in [-0.1, -0.05) is 65.2 Å². The van der Waals surface area contributed by atoms with Crippen molar-refractivity contribution in [2.75, 3.05) is 0 Å². The number of carboxylic acid groups (broad SMARTS) is 1. The van der Waals surface area contributed by atoms with E-state index in [1.54, 1.807) is 6.08 Å². The lowest BCUT2D eigenvalue weighted by atomic mass is 10.1. The predicted octanol–water partition coefficient (Wildman–Crippen LogP) is 8.04. The van der Waals surface area contributed by atoms with Gasteiger partial charge in [-0.15, -0.1) is 0 Å². The third-order valence-electron chi connectivity index (χ3n) is 5.42. The van der Waals surface area contributed by atoms with Crippen molar-refractivity contribution < 1.29 is 19.4 Å². The number of aliphatic carboxylic acids is 1. The number of carbonyl (C=O) groups is 1. The van der Waals surface area contributed by atoms with Crippen molar-refractivity contribution in [3.8, 4) is 11.5 Å². The highest BCUT2D eigenvalue weighted by atomic mass is 16.5. The van der Waals surface area contributed by atoms with Gasteiger partial charge in [0.2, 0.25) is 0 Å². The van der Waals surface area contributed by atoms with Crippen LogP contribution in [0.2, 0.25) is 0 Å². The molecule has 1 N–H and O–H groups in total. The zero-order valence-electron chi connectivity index (χ0n) is 20.2. The summed E-state index contributed by atoms with van der Waals surface area (Å²) >= 11 is 0. The number of unbranched alkanes of at least 4 members (excludes halogenated alkanes) is 8. The van der Waals surface area contributed by atoms with E-state index in [2.05, 4.69) is 27.7 Å². The molecule has 4 nitrogen and oxygen atoms in total. The van der Waals surface area contributed by atoms with Gasteiger partial charge >= 0.3 is 5.97 Å². The minimum absolute atomic E-state index is 0.115. The van der Waals surface area contributed by atoms with Crippen LogP contribution in [0, 0.1) is 0 Å². The molecule has 0 spiro atoms. The molecule has 0 fully saturated rings. The highest BCUT2D eigenvalue weighted by molar-refractivity contribution is 5.85. The van der Waals surface area contributed by atoms with Gasteiger partial charge in [-0.2, -0.15) is 0 Å². The van der Waals surface area contributed by atoms with Crippen LogP contribution < -0.4 is 9.47 Å². The molecule has 0 aliphatic heterocycles. The highest BCUT2D eigenvalue weighted by Gasteiger charge is 2.10. The molecule has 1 aromatic rings. The van der Waals surface area contributed by atoms with Gasteiger partial charge in [0.25, 0.3) is 0 Å². The summed E-state index contributed by atoms with van der Waals surface area (Å²) in [5.74, 6) is 0.507. The number of hydrogen-bond acceptors (Lipinski definition) is 3. The Morgan fingerprint density at radius 2 is 1.26 bits per heavy atom. The van der Waals surface area contributed by atoms with Crippen LogP contribution in [0.1, 0.15) is 110 Å². The molecule has 0 aliphatic rings. The van der Waals surface area contributed by atoms with Gasteiger partial charge in [-0.05, 0) is 63.3 Å². The molecule has 0 aliphatic carbocycles. The fourth-order valence-electron chi connectivity index (χ4n) is 3.65. The van der Waals surface area contributed by atoms with Gasteiger partial charge < -0.3 is 14.6 Å². The van der Waals surface area contributed by atoms with Gasteiger partial charge in [-0.3, -0.25) is 0 Å². The van der Waals surface area contributed by atoms with Gasteiger partial charge in [0.05, 0.1) is 12.2 Å². The van der Waals surface area contributed by atoms with Gasteiger partial charge in [0.15, 0.2) is 0 Å². The van der Waals surface area contributed by atoms with Crippen molar-refractivity contribution >= 4 is 12.0 Å². The highest BCUT2D eigenvalue weighted by Crippen LogP contribution is 2.27. The van der Waals surface area contributed by atoms with E-state index in [1.165, 1.54) is 51.4 Å². The van der Waals surface area contributed by atoms with E-state index in [9.17, 15) is 4.79 Å². The lowest BCUT2D eigenvalue weighted by Crippen LogP contribution is -2.13. The summed E-state index contributed by atoms with van der Waals surface area (Å²) < 4.78 is 12.3. The van der Waals surface area contributed by atoms with Crippen LogP contribution in [-0.2, 0) is 4.79 Å². The Kier molecular flexibility index (Phi) is 14.6. The fourth-order valence-corrected chi connectivity index (χ4v) is 3.65. The van der Waals surface area contributed by atoms with Crippen LogP contribution in [0.15, 0.2) is 24.3 Å². The summed E-state index contributed by atoms with van der Waals surface area (Å²) in [4.78, 5) is 10.9. The quantitative estimate of drug-likeness (QED) is 0.188. The lowest BCUT2D eigenvalue weighted by Gasteiger charge is -2.19. The number of benzene rings is 1. The monoisotopic (exact) mass is 432 g/mol. The molecule has 0 amide bonds. The molecule has 1 rings (SSSR count). The van der Waals surface area contributed by atoms with Crippen LogP contribution in [0.3, 0.4) is 0 Å². The normalized spacial score (nSPS) is 13.3. The molecule has 176 valence electrons. The molecule has 4 heteroatoms. The molecule has 0 aromatic heterocycles. The summed E-state index contributed by atoms with van der Waals surface area (Å²) in [5, 5.41) is 8.97. The largest absolute Gasteiger partial charge is 0.491 e. The molecule has 1 aromatic carbocycles. The second-order valence-electron chi connectivity index (χ2n) is 8.67. The Labute approximate surface area is 190 Å². The van der Waals surface area contributed by atoms with Crippen molar-refractivity contribution in [2.24, 2.45) is 0 Å². The van der Waals surface area contributed by atoms with Gasteiger partial charge in [-0.25, -0.2) is 4.79 Å². The van der Waals surface area contributed by atoms with Crippen molar-refractivity contribution in [1.82, 2.24) is 0 Å². The Morgan fingerprint density at radius 1 is 0.806 bits per heavy atom. The molecule has 2 atom stereocenters. The van der Waals surface area contributed by atoms with Crippen LogP contribution >= 0.6 is 0 Å². The Hall–Kier alpha value is -1.97. The first-order chi connectivity index (χ1) is 14.9. The van der Waals surface area contributed by atoms with Crippen LogP contribution in [0.4, 0.5) is 0 Å². The molecule has 0 saturated heterocycles. The van der Waals surface area contributed by atoms with Crippen LogP contribution in [-0.4, -0.2) is 23.3 Å².